The first kappa shape index (κ1) is 11.2. The number of carboxylic acids is 1. The average molecular weight is 216 g/mol. The number of carbonyl (C=O) groups is 3. The normalized spacial score (nSPS) is 33.1. The second kappa shape index (κ2) is 3.73. The van der Waals surface area contributed by atoms with Crippen LogP contribution in [0.1, 0.15) is 19.8 Å². The molecule has 78 valence electrons. The number of aliphatic carboxylic acids is 1. The van der Waals surface area contributed by atoms with Gasteiger partial charge in [0.05, 0.1) is 4.75 Å². The molecule has 5 heteroatoms. The first-order valence-electron chi connectivity index (χ1n) is 4.27. The van der Waals surface area contributed by atoms with Gasteiger partial charge in [-0.2, -0.15) is 11.8 Å². The molecule has 0 spiro atoms. The van der Waals surface area contributed by atoms with E-state index in [0.717, 1.165) is 0 Å². The van der Waals surface area contributed by atoms with E-state index in [4.69, 9.17) is 5.11 Å². The molecule has 1 saturated carbocycles. The Bertz CT molecular complexity index is 299. The van der Waals surface area contributed by atoms with E-state index in [0.29, 0.717) is 6.42 Å². The van der Waals surface area contributed by atoms with Gasteiger partial charge in [-0.3, -0.25) is 14.4 Å². The van der Waals surface area contributed by atoms with Gasteiger partial charge in [-0.15, -0.1) is 0 Å². The molecule has 0 saturated heterocycles. The number of thioether (sulfide) groups is 1. The molecule has 1 fully saturated rings. The molecule has 0 aromatic rings. The van der Waals surface area contributed by atoms with Crippen LogP contribution in [0.25, 0.3) is 0 Å². The minimum Gasteiger partial charge on any atom is -0.480 e. The summed E-state index contributed by atoms with van der Waals surface area (Å²) in [5, 5.41) is 8.76. The van der Waals surface area contributed by atoms with Gasteiger partial charge in [-0.05, 0) is 19.6 Å². The minimum absolute atomic E-state index is 0.181. The van der Waals surface area contributed by atoms with Crippen LogP contribution in [0, 0.1) is 5.92 Å². The topological polar surface area (TPSA) is 71.4 Å². The van der Waals surface area contributed by atoms with Crippen molar-refractivity contribution in [3.63, 3.8) is 0 Å². The number of rotatable bonds is 2. The van der Waals surface area contributed by atoms with Gasteiger partial charge in [0.15, 0.2) is 17.5 Å². The van der Waals surface area contributed by atoms with Crippen molar-refractivity contribution in [1.82, 2.24) is 0 Å². The molecule has 1 rings (SSSR count). The Morgan fingerprint density at radius 1 is 1.57 bits per heavy atom. The maximum Gasteiger partial charge on any atom is 0.321 e. The molecule has 1 aliphatic carbocycles. The molecule has 0 heterocycles. The van der Waals surface area contributed by atoms with Gasteiger partial charge in [-0.1, -0.05) is 0 Å². The Hall–Kier alpha value is -0.840. The van der Waals surface area contributed by atoms with E-state index in [1.807, 2.05) is 0 Å². The fourth-order valence-corrected chi connectivity index (χ4v) is 2.16. The molecular weight excluding hydrogens is 204 g/mol. The summed E-state index contributed by atoms with van der Waals surface area (Å²) in [5.74, 6) is -3.69. The quantitative estimate of drug-likeness (QED) is 0.689. The highest BCUT2D eigenvalue weighted by Gasteiger charge is 2.48. The van der Waals surface area contributed by atoms with E-state index in [2.05, 4.69) is 0 Å². The molecule has 14 heavy (non-hydrogen) atoms. The Morgan fingerprint density at radius 2 is 2.14 bits per heavy atom. The smallest absolute Gasteiger partial charge is 0.321 e. The van der Waals surface area contributed by atoms with Crippen LogP contribution in [0.3, 0.4) is 0 Å². The second-order valence-corrected chi connectivity index (χ2v) is 4.85. The lowest BCUT2D eigenvalue weighted by Gasteiger charge is -2.32. The van der Waals surface area contributed by atoms with Crippen molar-refractivity contribution in [2.24, 2.45) is 5.92 Å². The standard InChI is InChI=1S/C9H12O4S/c1-9(14-2)4-3-5(10)6(7(9)11)8(12)13/h6H,3-4H2,1-2H3,(H,12,13). The SMILES string of the molecule is CSC1(C)CCC(=O)C(C(=O)O)C1=O. The van der Waals surface area contributed by atoms with Crippen LogP contribution in [0.4, 0.5) is 0 Å². The van der Waals surface area contributed by atoms with Gasteiger partial charge in [0.2, 0.25) is 0 Å². The van der Waals surface area contributed by atoms with E-state index >= 15 is 0 Å². The van der Waals surface area contributed by atoms with Crippen LogP contribution in [-0.4, -0.2) is 33.6 Å². The summed E-state index contributed by atoms with van der Waals surface area (Å²) in [4.78, 5) is 33.7. The molecule has 2 unspecified atom stereocenters. The lowest BCUT2D eigenvalue weighted by molar-refractivity contribution is -0.152. The molecular formula is C9H12O4S. The number of carboxylic acid groups (broad SMARTS) is 1. The minimum atomic E-state index is -1.44. The maximum atomic E-state index is 11.7. The summed E-state index contributed by atoms with van der Waals surface area (Å²) in [6.45, 7) is 1.70. The third-order valence-electron chi connectivity index (χ3n) is 2.65. The first-order chi connectivity index (χ1) is 6.42. The molecule has 2 atom stereocenters. The number of hydrogen-bond donors (Lipinski definition) is 1. The maximum absolute atomic E-state index is 11.7. The highest BCUT2D eigenvalue weighted by atomic mass is 32.2. The van der Waals surface area contributed by atoms with Gasteiger partial charge in [0.25, 0.3) is 0 Å². The summed E-state index contributed by atoms with van der Waals surface area (Å²) in [6.07, 6.45) is 2.38. The van der Waals surface area contributed by atoms with Crippen molar-refractivity contribution < 1.29 is 19.5 Å². The molecule has 0 amide bonds. The molecule has 1 N–H and O–H groups in total. The Labute approximate surface area is 86.1 Å². The monoisotopic (exact) mass is 216 g/mol. The molecule has 0 aromatic heterocycles. The van der Waals surface area contributed by atoms with Crippen molar-refractivity contribution >= 4 is 29.3 Å². The molecule has 1 aliphatic rings. The predicted octanol–water partition coefficient (Wildman–Crippen LogP) is 0.741. The van der Waals surface area contributed by atoms with Crippen LogP contribution < -0.4 is 0 Å². The third-order valence-corrected chi connectivity index (χ3v) is 3.96. The zero-order chi connectivity index (χ0) is 10.9. The summed E-state index contributed by atoms with van der Waals surface area (Å²) < 4.78 is -0.711. The predicted molar refractivity (Wildman–Crippen MR) is 52.3 cm³/mol. The fraction of sp³-hybridized carbons (Fsp3) is 0.667. The highest BCUT2D eigenvalue weighted by Crippen LogP contribution is 2.36. The number of carbonyl (C=O) groups excluding carboxylic acids is 2. The van der Waals surface area contributed by atoms with E-state index < -0.39 is 28.2 Å². The Morgan fingerprint density at radius 3 is 2.57 bits per heavy atom. The molecule has 0 bridgehead atoms. The van der Waals surface area contributed by atoms with Crippen LogP contribution in [0.2, 0.25) is 0 Å². The van der Waals surface area contributed by atoms with Crippen LogP contribution in [0.5, 0.6) is 0 Å². The van der Waals surface area contributed by atoms with E-state index in [1.165, 1.54) is 11.8 Å². The zero-order valence-corrected chi connectivity index (χ0v) is 8.89. The number of Topliss-reactive ketones (excluding diaryl/α,β-unsaturated/α-hetero) is 2. The molecule has 0 radical (unpaired) electrons. The lowest BCUT2D eigenvalue weighted by atomic mass is 9.79. The first-order valence-corrected chi connectivity index (χ1v) is 5.50. The molecule has 4 nitrogen and oxygen atoms in total. The van der Waals surface area contributed by atoms with Gasteiger partial charge >= 0.3 is 5.97 Å². The number of ketones is 2. The molecule has 0 aliphatic heterocycles. The lowest BCUT2D eigenvalue weighted by Crippen LogP contribution is -2.48. The van der Waals surface area contributed by atoms with Gasteiger partial charge in [-0.25, -0.2) is 0 Å². The summed E-state index contributed by atoms with van der Waals surface area (Å²) >= 11 is 1.31. The highest BCUT2D eigenvalue weighted by molar-refractivity contribution is 8.00. The van der Waals surface area contributed by atoms with E-state index in [9.17, 15) is 14.4 Å². The average Bonchev–Trinajstić information content (AvgIpc) is 2.12. The number of hydrogen-bond acceptors (Lipinski definition) is 4. The van der Waals surface area contributed by atoms with Gasteiger partial charge in [0, 0.05) is 6.42 Å². The van der Waals surface area contributed by atoms with Crippen LogP contribution in [0.15, 0.2) is 0 Å². The Balaban J connectivity index is 3.00. The van der Waals surface area contributed by atoms with Crippen molar-refractivity contribution in [3.05, 3.63) is 0 Å². The van der Waals surface area contributed by atoms with E-state index in [-0.39, 0.29) is 6.42 Å². The molecule has 0 aromatic carbocycles. The summed E-state index contributed by atoms with van der Waals surface area (Å²) in [7, 11) is 0. The van der Waals surface area contributed by atoms with Crippen LogP contribution >= 0.6 is 11.8 Å². The van der Waals surface area contributed by atoms with E-state index in [1.54, 1.807) is 13.2 Å². The Kier molecular flexibility index (Phi) is 2.99. The van der Waals surface area contributed by atoms with Crippen molar-refractivity contribution in [3.8, 4) is 0 Å². The van der Waals surface area contributed by atoms with Crippen molar-refractivity contribution in [2.75, 3.05) is 6.26 Å². The van der Waals surface area contributed by atoms with Gasteiger partial charge in [0.1, 0.15) is 0 Å². The fourth-order valence-electron chi connectivity index (χ4n) is 1.53. The summed E-state index contributed by atoms with van der Waals surface area (Å²) in [5.41, 5.74) is 0. The largest absolute Gasteiger partial charge is 0.480 e. The second-order valence-electron chi connectivity index (χ2n) is 3.54. The third kappa shape index (κ3) is 1.68. The van der Waals surface area contributed by atoms with Crippen molar-refractivity contribution in [2.45, 2.75) is 24.5 Å². The zero-order valence-electron chi connectivity index (χ0n) is 8.07. The summed E-state index contributed by atoms with van der Waals surface area (Å²) in [6, 6.07) is 0. The van der Waals surface area contributed by atoms with Crippen LogP contribution in [-0.2, 0) is 14.4 Å². The van der Waals surface area contributed by atoms with Gasteiger partial charge < -0.3 is 5.11 Å². The van der Waals surface area contributed by atoms with Crippen molar-refractivity contribution in [1.29, 1.82) is 0 Å².